The third-order valence-corrected chi connectivity index (χ3v) is 15.5. The second-order valence-electron chi connectivity index (χ2n) is 23.9. The lowest BCUT2D eigenvalue weighted by molar-refractivity contribution is -0.142. The molecule has 2 aromatic heterocycles. The Morgan fingerprint density at radius 3 is 1.65 bits per heavy atom. The number of unbranched alkanes of at least 4 members (excludes halogenated alkanes) is 22. The zero-order chi connectivity index (χ0) is 68.2. The van der Waals surface area contributed by atoms with Gasteiger partial charge in [0.25, 0.3) is 11.5 Å². The fraction of sp³-hybridized carbons (Fsp3) is 0.706. The molecular formula is C68H111N11O15. The maximum atomic E-state index is 13.0. The molecule has 7 N–H and O–H groups in total. The molecule has 26 heteroatoms. The Hall–Kier alpha value is -7.00. The second kappa shape index (κ2) is 52.3. The van der Waals surface area contributed by atoms with Gasteiger partial charge in [0, 0.05) is 70.9 Å². The minimum atomic E-state index is -1.38. The first-order valence-electron chi connectivity index (χ1n) is 34.4. The predicted octanol–water partition coefficient (Wildman–Crippen LogP) is 8.89. The van der Waals surface area contributed by atoms with Crippen molar-refractivity contribution >= 4 is 71.1 Å². The number of carbonyl (C=O) groups excluding carboxylic acids is 5. The Bertz CT molecular complexity index is 2680. The molecule has 528 valence electrons. The summed E-state index contributed by atoms with van der Waals surface area (Å²) in [6.45, 7) is 7.29. The number of hydrogen-bond donors (Lipinski definition) is 7. The highest BCUT2D eigenvalue weighted by atomic mass is 16.5. The molecule has 0 radical (unpaired) electrons. The van der Waals surface area contributed by atoms with Crippen molar-refractivity contribution in [1.29, 1.82) is 0 Å². The highest BCUT2D eigenvalue weighted by Crippen LogP contribution is 2.19. The van der Waals surface area contributed by atoms with E-state index in [2.05, 4.69) is 60.0 Å². The van der Waals surface area contributed by atoms with E-state index in [9.17, 15) is 48.6 Å². The van der Waals surface area contributed by atoms with Crippen molar-refractivity contribution in [2.24, 2.45) is 4.99 Å². The molecule has 3 rings (SSSR count). The molecule has 0 fully saturated rings. The number of aromatic nitrogens is 4. The normalized spacial score (nSPS) is 12.3. The number of aromatic amines is 1. The van der Waals surface area contributed by atoms with Crippen LogP contribution in [0.3, 0.4) is 0 Å². The summed E-state index contributed by atoms with van der Waals surface area (Å²) in [5.74, 6) is -4.56. The van der Waals surface area contributed by atoms with Crippen molar-refractivity contribution in [2.75, 3.05) is 91.5 Å². The summed E-state index contributed by atoms with van der Waals surface area (Å²) < 4.78 is 28.7. The molecule has 0 aliphatic heterocycles. The number of fused-ring (bicyclic) bond motifs is 1. The first-order valence-corrected chi connectivity index (χ1v) is 34.4. The van der Waals surface area contributed by atoms with Crippen molar-refractivity contribution in [1.82, 2.24) is 46.1 Å². The lowest BCUT2D eigenvalue weighted by Gasteiger charge is -2.19. The van der Waals surface area contributed by atoms with Gasteiger partial charge >= 0.3 is 11.9 Å². The number of anilines is 1. The Kier molecular flexibility index (Phi) is 45.2. The van der Waals surface area contributed by atoms with E-state index < -0.39 is 47.3 Å². The smallest absolute Gasteiger partial charge is 0.326 e. The molecule has 0 saturated carbocycles. The number of nitrogens with one attached hydrogen (secondary N) is 5. The average Bonchev–Trinajstić information content (AvgIpc) is 0.818. The third kappa shape index (κ3) is 39.0. The number of amides is 5. The number of hydrogen-bond acceptors (Lipinski definition) is 17. The molecule has 5 amide bonds. The van der Waals surface area contributed by atoms with Crippen LogP contribution in [0.1, 0.15) is 216 Å². The number of rotatable bonds is 60. The van der Waals surface area contributed by atoms with Crippen LogP contribution in [0.25, 0.3) is 11.2 Å². The molecule has 94 heavy (non-hydrogen) atoms. The van der Waals surface area contributed by atoms with E-state index in [1.807, 2.05) is 0 Å². The Labute approximate surface area is 556 Å². The monoisotopic (exact) mass is 1320 g/mol. The number of benzene rings is 1. The number of carboxylic acid groups (broad SMARTS) is 2. The number of carbonyl (C=O) groups is 7. The number of H-pyrrole nitrogens is 1. The molecule has 1 unspecified atom stereocenters. The maximum Gasteiger partial charge on any atom is 0.326 e. The van der Waals surface area contributed by atoms with E-state index in [-0.39, 0.29) is 132 Å². The largest absolute Gasteiger partial charge is 0.480 e. The predicted molar refractivity (Wildman–Crippen MR) is 361 cm³/mol. The summed E-state index contributed by atoms with van der Waals surface area (Å²) in [6, 6.07) is 3.13. The SMILES string of the molecule is CCCCCCCCCCCCCCOCC(CNC(=O)CC[C@H](NC(=O)CCOCCOCCOCCNC(=O)CC[C@H](NC(=O)c1ccc(N(C=O)Cc2cnc3nc(/N=C\N(C)C)[nH]c(=O)c3n2)cc1)C(=O)O)C(=O)O)OCCCCCCCCCCCCCC. The standard InChI is InChI=1S/C68H111N11O15/c1-5-7-9-11-13-15-17-19-21-23-25-27-39-93-50-56(94-40-28-26-24-22-20-18-16-14-12-10-8-6-2)48-70-60(82)36-33-57(66(86)87)74-61(83)37-41-90-43-45-92-46-44-91-42-38-69-59(81)35-34-58(67(88)89)75-64(84)53-29-31-55(32-30-53)79(52-80)49-54-47-71-63-62(73-54)65(85)77-68(76-63)72-51-78(3)4/h29-32,47,51-52,56-58H,5-28,33-46,48-50H2,1-4H3,(H,69,81)(H,70,82)(H,74,83)(H,75,84)(H,86,87)(H,88,89)(H,71,76,77,85)/b72-51-/t56?,57-,58-/m0/s1. The Balaban J connectivity index is 1.25. The first kappa shape index (κ1) is 81.2. The average molecular weight is 1320 g/mol. The van der Waals surface area contributed by atoms with E-state index in [1.54, 1.807) is 19.0 Å². The summed E-state index contributed by atoms with van der Waals surface area (Å²) in [7, 11) is 3.52. The Morgan fingerprint density at radius 1 is 0.596 bits per heavy atom. The van der Waals surface area contributed by atoms with Gasteiger partial charge in [-0.25, -0.2) is 24.5 Å². The highest BCUT2D eigenvalue weighted by Gasteiger charge is 2.24. The van der Waals surface area contributed by atoms with Crippen LogP contribution in [-0.2, 0) is 59.0 Å². The Morgan fingerprint density at radius 2 is 1.11 bits per heavy atom. The van der Waals surface area contributed by atoms with Crippen LogP contribution in [0.5, 0.6) is 0 Å². The molecule has 2 heterocycles. The first-order chi connectivity index (χ1) is 45.6. The molecule has 0 spiro atoms. The van der Waals surface area contributed by atoms with E-state index in [0.29, 0.717) is 31.9 Å². The van der Waals surface area contributed by atoms with Gasteiger partial charge in [-0.15, -0.1) is 0 Å². The van der Waals surface area contributed by atoms with Crippen molar-refractivity contribution in [2.45, 2.75) is 225 Å². The summed E-state index contributed by atoms with van der Waals surface area (Å²) in [5.41, 5.74) is 0.209. The topological polar surface area (TPSA) is 345 Å². The second-order valence-corrected chi connectivity index (χ2v) is 23.9. The maximum absolute atomic E-state index is 13.0. The van der Waals surface area contributed by atoms with Crippen LogP contribution in [-0.4, -0.2) is 188 Å². The van der Waals surface area contributed by atoms with Gasteiger partial charge < -0.3 is 65.0 Å². The van der Waals surface area contributed by atoms with Crippen LogP contribution >= 0.6 is 0 Å². The highest BCUT2D eigenvalue weighted by molar-refractivity contribution is 5.97. The molecule has 1 aromatic carbocycles. The molecular weight excluding hydrogens is 1210 g/mol. The molecule has 0 aliphatic rings. The van der Waals surface area contributed by atoms with Crippen LogP contribution in [0, 0.1) is 0 Å². The van der Waals surface area contributed by atoms with Gasteiger partial charge in [0.05, 0.1) is 77.1 Å². The minimum absolute atomic E-state index is 0.0173. The van der Waals surface area contributed by atoms with Gasteiger partial charge in [0.2, 0.25) is 30.1 Å². The van der Waals surface area contributed by atoms with Gasteiger partial charge in [-0.3, -0.25) is 33.8 Å². The molecule has 0 bridgehead atoms. The summed E-state index contributed by atoms with van der Waals surface area (Å²) in [5, 5.41) is 30.1. The van der Waals surface area contributed by atoms with Crippen molar-refractivity contribution in [3.05, 3.63) is 52.1 Å². The number of ether oxygens (including phenoxy) is 5. The molecule has 3 aromatic rings. The zero-order valence-corrected chi connectivity index (χ0v) is 56.6. The minimum Gasteiger partial charge on any atom is -0.480 e. The van der Waals surface area contributed by atoms with Gasteiger partial charge in [-0.05, 0) is 49.9 Å². The lowest BCUT2D eigenvalue weighted by atomic mass is 10.1. The van der Waals surface area contributed by atoms with Gasteiger partial charge in [-0.1, -0.05) is 155 Å². The summed E-state index contributed by atoms with van der Waals surface area (Å²) in [4.78, 5) is 122. The number of carboxylic acids is 2. The lowest BCUT2D eigenvalue weighted by Crippen LogP contribution is -2.42. The van der Waals surface area contributed by atoms with E-state index in [1.165, 1.54) is 170 Å². The molecule has 3 atom stereocenters. The fourth-order valence-corrected chi connectivity index (χ4v) is 9.98. The van der Waals surface area contributed by atoms with Gasteiger partial charge in [0.1, 0.15) is 12.1 Å². The fourth-order valence-electron chi connectivity index (χ4n) is 9.98. The van der Waals surface area contributed by atoms with Crippen LogP contribution in [0.4, 0.5) is 11.6 Å². The van der Waals surface area contributed by atoms with E-state index in [0.717, 1.165) is 25.7 Å². The van der Waals surface area contributed by atoms with Crippen LogP contribution in [0.2, 0.25) is 0 Å². The zero-order valence-electron chi connectivity index (χ0n) is 56.6. The number of aliphatic carboxylic acids is 2. The van der Waals surface area contributed by atoms with Gasteiger partial charge in [-0.2, -0.15) is 4.98 Å². The van der Waals surface area contributed by atoms with Crippen molar-refractivity contribution in [3.63, 3.8) is 0 Å². The number of nitrogens with zero attached hydrogens (tertiary/aromatic N) is 6. The summed E-state index contributed by atoms with van der Waals surface area (Å²) >= 11 is 0. The third-order valence-electron chi connectivity index (χ3n) is 15.5. The number of aliphatic imine (C=N–C) groups is 1. The molecule has 0 aliphatic carbocycles. The van der Waals surface area contributed by atoms with Crippen molar-refractivity contribution < 1.29 is 67.5 Å². The van der Waals surface area contributed by atoms with Crippen LogP contribution < -0.4 is 31.7 Å². The molecule has 0 saturated heterocycles. The van der Waals surface area contributed by atoms with Crippen molar-refractivity contribution in [3.8, 4) is 0 Å². The summed E-state index contributed by atoms with van der Waals surface area (Å²) in [6.07, 6.45) is 32.5. The van der Waals surface area contributed by atoms with Crippen LogP contribution in [0.15, 0.2) is 40.2 Å². The van der Waals surface area contributed by atoms with Gasteiger partial charge in [0.15, 0.2) is 11.2 Å². The van der Waals surface area contributed by atoms with E-state index in [4.69, 9.17) is 23.7 Å². The molecule has 26 nitrogen and oxygen atoms in total. The van der Waals surface area contributed by atoms with E-state index >= 15 is 0 Å². The quantitative estimate of drug-likeness (QED) is 0.0120.